The second-order valence-corrected chi connectivity index (χ2v) is 25.9. The first kappa shape index (κ1) is 78.1. The Bertz CT molecular complexity index is 1580. The van der Waals surface area contributed by atoms with Gasteiger partial charge in [-0.2, -0.15) is 0 Å². The van der Waals surface area contributed by atoms with Gasteiger partial charge in [-0.25, -0.2) is 9.13 Å². The summed E-state index contributed by atoms with van der Waals surface area (Å²) in [5.41, 5.74) is 0. The van der Waals surface area contributed by atoms with Gasteiger partial charge in [0.05, 0.1) is 26.4 Å². The minimum absolute atomic E-state index is 0.101. The van der Waals surface area contributed by atoms with Gasteiger partial charge in [0, 0.05) is 25.7 Å². The van der Waals surface area contributed by atoms with Crippen molar-refractivity contribution in [1.82, 2.24) is 0 Å². The minimum Gasteiger partial charge on any atom is -0.462 e. The molecular weight excluding hydrogens is 1070 g/mol. The highest BCUT2D eigenvalue weighted by Crippen LogP contribution is 2.45. The van der Waals surface area contributed by atoms with E-state index < -0.39 is 97.5 Å². The van der Waals surface area contributed by atoms with Crippen molar-refractivity contribution in [2.45, 2.75) is 317 Å². The molecule has 5 atom stereocenters. The van der Waals surface area contributed by atoms with E-state index in [1.165, 1.54) is 109 Å². The predicted molar refractivity (Wildman–Crippen MR) is 317 cm³/mol. The third kappa shape index (κ3) is 55.3. The van der Waals surface area contributed by atoms with Crippen LogP contribution in [0.5, 0.6) is 0 Å². The van der Waals surface area contributed by atoms with E-state index in [2.05, 4.69) is 41.5 Å². The van der Waals surface area contributed by atoms with Crippen molar-refractivity contribution in [2.24, 2.45) is 11.8 Å². The normalized spacial score (nSPS) is 14.4. The zero-order valence-corrected chi connectivity index (χ0v) is 53.2. The molecule has 17 nitrogen and oxygen atoms in total. The molecule has 0 aromatic rings. The van der Waals surface area contributed by atoms with Gasteiger partial charge in [0.2, 0.25) is 0 Å². The average Bonchev–Trinajstić information content (AvgIpc) is 3.41. The summed E-state index contributed by atoms with van der Waals surface area (Å²) < 4.78 is 67.7. The van der Waals surface area contributed by atoms with Crippen molar-refractivity contribution >= 4 is 39.5 Å². The quantitative estimate of drug-likeness (QED) is 0.0222. The molecule has 0 aliphatic heterocycles. The van der Waals surface area contributed by atoms with Crippen molar-refractivity contribution in [3.63, 3.8) is 0 Å². The maximum absolute atomic E-state index is 12.9. The van der Waals surface area contributed by atoms with Gasteiger partial charge in [-0.1, -0.05) is 247 Å². The summed E-state index contributed by atoms with van der Waals surface area (Å²) in [6.07, 6.45) is 35.3. The van der Waals surface area contributed by atoms with E-state index in [-0.39, 0.29) is 25.7 Å². The van der Waals surface area contributed by atoms with Crippen molar-refractivity contribution < 1.29 is 80.2 Å². The number of rotatable bonds is 60. The van der Waals surface area contributed by atoms with E-state index in [1.807, 2.05) is 0 Å². The number of aliphatic hydroxyl groups excluding tert-OH is 1. The number of phosphoric acid groups is 2. The maximum Gasteiger partial charge on any atom is 0.472 e. The predicted octanol–water partition coefficient (Wildman–Crippen LogP) is 16.5. The number of carbonyl (C=O) groups is 4. The molecule has 0 radical (unpaired) electrons. The fourth-order valence-electron chi connectivity index (χ4n) is 9.00. The van der Waals surface area contributed by atoms with Gasteiger partial charge in [-0.15, -0.1) is 0 Å². The largest absolute Gasteiger partial charge is 0.472 e. The number of hydrogen-bond donors (Lipinski definition) is 3. The molecule has 80 heavy (non-hydrogen) atoms. The lowest BCUT2D eigenvalue weighted by atomic mass is 10.0. The van der Waals surface area contributed by atoms with Gasteiger partial charge in [0.25, 0.3) is 0 Å². The van der Waals surface area contributed by atoms with Crippen LogP contribution in [0.25, 0.3) is 0 Å². The van der Waals surface area contributed by atoms with Crippen molar-refractivity contribution in [3.05, 3.63) is 0 Å². The number of unbranched alkanes of at least 4 members (excludes halogenated alkanes) is 30. The molecule has 0 aliphatic rings. The molecule has 2 unspecified atom stereocenters. The second-order valence-electron chi connectivity index (χ2n) is 23.0. The van der Waals surface area contributed by atoms with Crippen LogP contribution < -0.4 is 0 Å². The van der Waals surface area contributed by atoms with Gasteiger partial charge in [0.15, 0.2) is 12.2 Å². The molecule has 0 fully saturated rings. The topological polar surface area (TPSA) is 237 Å². The van der Waals surface area contributed by atoms with Crippen LogP contribution in [0.2, 0.25) is 0 Å². The Balaban J connectivity index is 5.18. The van der Waals surface area contributed by atoms with Crippen LogP contribution in [-0.2, 0) is 65.4 Å². The van der Waals surface area contributed by atoms with Crippen LogP contribution in [0.15, 0.2) is 0 Å². The van der Waals surface area contributed by atoms with Crippen LogP contribution in [0.4, 0.5) is 0 Å². The highest BCUT2D eigenvalue weighted by atomic mass is 31.2. The van der Waals surface area contributed by atoms with Gasteiger partial charge >= 0.3 is 39.5 Å². The van der Waals surface area contributed by atoms with Gasteiger partial charge in [-0.3, -0.25) is 37.3 Å². The third-order valence-electron chi connectivity index (χ3n) is 14.0. The summed E-state index contributed by atoms with van der Waals surface area (Å²) >= 11 is 0. The Kier molecular flexibility index (Phi) is 52.5. The fraction of sp³-hybridized carbons (Fsp3) is 0.934. The Labute approximate surface area is 486 Å². The number of hydrogen-bond acceptors (Lipinski definition) is 15. The molecule has 0 amide bonds. The summed E-state index contributed by atoms with van der Waals surface area (Å²) in [6, 6.07) is 0. The first-order valence-corrected chi connectivity index (χ1v) is 35.0. The van der Waals surface area contributed by atoms with E-state index in [0.717, 1.165) is 102 Å². The Morgan fingerprint density at radius 1 is 0.338 bits per heavy atom. The Morgan fingerprint density at radius 2 is 0.575 bits per heavy atom. The van der Waals surface area contributed by atoms with Gasteiger partial charge in [0.1, 0.15) is 19.3 Å². The smallest absolute Gasteiger partial charge is 0.462 e. The second kappa shape index (κ2) is 53.8. The lowest BCUT2D eigenvalue weighted by Crippen LogP contribution is -2.30. The van der Waals surface area contributed by atoms with Crippen LogP contribution in [-0.4, -0.2) is 96.7 Å². The van der Waals surface area contributed by atoms with E-state index in [9.17, 15) is 43.2 Å². The van der Waals surface area contributed by atoms with E-state index in [4.69, 9.17) is 37.0 Å². The standard InChI is InChI=1S/C61H118O17P2/c1-7-9-11-13-14-15-16-17-18-22-25-32-38-44-59(64)72-50-57(77-60(65)45-39-33-26-23-20-19-21-24-30-35-41-53(3)4)52-76-80(69,70)74-48-55(62)47-73-79(67,68)75-51-56(49-71-58(63)43-37-29-12-10-8-2)78-61(66)46-40-34-28-27-31-36-42-54(5)6/h53-57,62H,7-52H2,1-6H3,(H,67,68)(H,69,70)/t55-,56+,57+/m0/s1. The molecule has 0 saturated carbocycles. The lowest BCUT2D eigenvalue weighted by Gasteiger charge is -2.21. The van der Waals surface area contributed by atoms with Crippen molar-refractivity contribution in [1.29, 1.82) is 0 Å². The maximum atomic E-state index is 12.9. The fourth-order valence-corrected chi connectivity index (χ4v) is 10.6. The van der Waals surface area contributed by atoms with Crippen molar-refractivity contribution in [2.75, 3.05) is 39.6 Å². The zero-order chi connectivity index (χ0) is 59.4. The van der Waals surface area contributed by atoms with Gasteiger partial charge < -0.3 is 33.8 Å². The van der Waals surface area contributed by atoms with E-state index >= 15 is 0 Å². The number of aliphatic hydroxyl groups is 1. The van der Waals surface area contributed by atoms with Crippen LogP contribution in [0.1, 0.15) is 298 Å². The molecule has 474 valence electrons. The summed E-state index contributed by atoms with van der Waals surface area (Å²) in [6.45, 7) is 9.28. The minimum atomic E-state index is -4.94. The molecule has 0 bridgehead atoms. The number of carbonyl (C=O) groups excluding carboxylic acids is 4. The highest BCUT2D eigenvalue weighted by Gasteiger charge is 2.30. The van der Waals surface area contributed by atoms with E-state index in [1.54, 1.807) is 0 Å². The first-order valence-electron chi connectivity index (χ1n) is 32.0. The van der Waals surface area contributed by atoms with Crippen LogP contribution >= 0.6 is 15.6 Å². The van der Waals surface area contributed by atoms with Crippen LogP contribution in [0, 0.1) is 11.8 Å². The molecule has 3 N–H and O–H groups in total. The van der Waals surface area contributed by atoms with Crippen molar-refractivity contribution in [3.8, 4) is 0 Å². The molecule has 0 aromatic heterocycles. The molecule has 0 spiro atoms. The summed E-state index contributed by atoms with van der Waals surface area (Å²) in [7, 11) is -9.87. The summed E-state index contributed by atoms with van der Waals surface area (Å²) in [5, 5.41) is 10.5. The first-order chi connectivity index (χ1) is 38.4. The Morgan fingerprint density at radius 3 is 0.850 bits per heavy atom. The van der Waals surface area contributed by atoms with Gasteiger partial charge in [-0.05, 0) is 37.5 Å². The lowest BCUT2D eigenvalue weighted by molar-refractivity contribution is -0.161. The molecule has 0 saturated heterocycles. The molecule has 0 aliphatic carbocycles. The highest BCUT2D eigenvalue weighted by molar-refractivity contribution is 7.47. The molecule has 0 rings (SSSR count). The van der Waals surface area contributed by atoms with Crippen LogP contribution in [0.3, 0.4) is 0 Å². The van der Waals surface area contributed by atoms with E-state index in [0.29, 0.717) is 31.6 Å². The molecular formula is C61H118O17P2. The number of esters is 4. The number of phosphoric ester groups is 2. The molecule has 0 heterocycles. The zero-order valence-electron chi connectivity index (χ0n) is 51.4. The monoisotopic (exact) mass is 1180 g/mol. The summed E-state index contributed by atoms with van der Waals surface area (Å²) in [5.74, 6) is -0.730. The SMILES string of the molecule is CCCCCCCCCCCCCCCC(=O)OC[C@H](COP(=O)(O)OC[C@@H](O)COP(=O)(O)OC[C@@H](COC(=O)CCCCCCC)OC(=O)CCCCCCCCC(C)C)OC(=O)CCCCCCCCCCCCC(C)C. The third-order valence-corrected chi connectivity index (χ3v) is 15.9. The summed E-state index contributed by atoms with van der Waals surface area (Å²) in [4.78, 5) is 71.8. The Hall–Kier alpha value is -1.94. The average molecular weight is 1190 g/mol. The molecule has 19 heteroatoms. The number of ether oxygens (including phenoxy) is 4. The molecule has 0 aromatic carbocycles.